The fourth-order valence-electron chi connectivity index (χ4n) is 9.26. The van der Waals surface area contributed by atoms with E-state index in [0.717, 1.165) is 62.7 Å². The van der Waals surface area contributed by atoms with E-state index in [1.165, 1.54) is 22.3 Å². The van der Waals surface area contributed by atoms with Gasteiger partial charge in [0.15, 0.2) is 5.13 Å². The molecule has 3 aromatic rings. The predicted molar refractivity (Wildman–Crippen MR) is 224 cm³/mol. The Hall–Kier alpha value is -5.25. The second-order valence-electron chi connectivity index (χ2n) is 18.0. The van der Waals surface area contributed by atoms with E-state index in [9.17, 15) is 29.1 Å². The summed E-state index contributed by atoms with van der Waals surface area (Å²) in [6.45, 7) is 9.67. The number of benzene rings is 1. The first-order valence-electron chi connectivity index (χ1n) is 21.2. The number of fused-ring (bicyclic) bond motifs is 3. The Balaban J connectivity index is 1.09. The third-order valence-corrected chi connectivity index (χ3v) is 13.5. The highest BCUT2D eigenvalue weighted by atomic mass is 32.1. The van der Waals surface area contributed by atoms with E-state index in [0.29, 0.717) is 58.5 Å². The maximum absolute atomic E-state index is 14.7. The number of carbonyl (C=O) groups excluding carboxylic acids is 4. The number of rotatable bonds is 13. The Bertz CT molecular complexity index is 2190. The first kappa shape index (κ1) is 41.5. The molecule has 0 spiro atoms. The first-order chi connectivity index (χ1) is 28.7. The molecule has 8 rings (SSSR count). The highest BCUT2D eigenvalue weighted by molar-refractivity contribution is 7.14. The van der Waals surface area contributed by atoms with Gasteiger partial charge in [-0.1, -0.05) is 39.7 Å². The molecule has 3 saturated carbocycles. The van der Waals surface area contributed by atoms with E-state index < -0.39 is 58.9 Å². The van der Waals surface area contributed by atoms with E-state index >= 15 is 0 Å². The van der Waals surface area contributed by atoms with Crippen LogP contribution in [0.2, 0.25) is 0 Å². The van der Waals surface area contributed by atoms with Crippen molar-refractivity contribution < 1.29 is 43.3 Å². The van der Waals surface area contributed by atoms with Gasteiger partial charge in [-0.25, -0.2) is 19.6 Å². The number of thiazole rings is 1. The number of hydrogen-bond donors (Lipinski definition) is 4. The maximum Gasteiger partial charge on any atom is 0.408 e. The van der Waals surface area contributed by atoms with Crippen molar-refractivity contribution >= 4 is 57.2 Å². The van der Waals surface area contributed by atoms with Crippen molar-refractivity contribution in [1.29, 1.82) is 0 Å². The Kier molecular flexibility index (Phi) is 11.5. The molecule has 0 radical (unpaired) electrons. The van der Waals surface area contributed by atoms with Gasteiger partial charge in [-0.3, -0.25) is 14.4 Å². The monoisotopic (exact) mass is 842 g/mol. The van der Waals surface area contributed by atoms with E-state index in [1.54, 1.807) is 6.07 Å². The van der Waals surface area contributed by atoms with Crippen LogP contribution in [0.3, 0.4) is 0 Å². The third-order valence-electron chi connectivity index (χ3n) is 12.7. The minimum absolute atomic E-state index is 0.0329. The number of anilines is 1. The number of nitrogens with one attached hydrogen (secondary N) is 3. The molecule has 1 saturated heterocycles. The molecule has 320 valence electrons. The lowest BCUT2D eigenvalue weighted by Crippen LogP contribution is -2.59. The molecule has 0 unspecified atom stereocenters. The second kappa shape index (κ2) is 16.7. The number of carboxylic acid groups (broad SMARTS) is 1. The van der Waals surface area contributed by atoms with Crippen molar-refractivity contribution in [2.45, 2.75) is 128 Å². The van der Waals surface area contributed by atoms with Crippen LogP contribution in [-0.2, 0) is 30.3 Å². The summed E-state index contributed by atoms with van der Waals surface area (Å²) in [4.78, 5) is 78.6. The van der Waals surface area contributed by atoms with Crippen LogP contribution in [0.1, 0.15) is 97.0 Å². The number of hydrogen-bond acceptors (Lipinski definition) is 11. The molecule has 4 heterocycles. The Labute approximate surface area is 353 Å². The van der Waals surface area contributed by atoms with Gasteiger partial charge in [0.2, 0.25) is 17.7 Å². The van der Waals surface area contributed by atoms with Crippen LogP contribution in [0.15, 0.2) is 36.2 Å². The van der Waals surface area contributed by atoms with Gasteiger partial charge < -0.3 is 40.2 Å². The predicted octanol–water partition coefficient (Wildman–Crippen LogP) is 6.39. The summed E-state index contributed by atoms with van der Waals surface area (Å²) < 4.78 is 18.4. The van der Waals surface area contributed by atoms with Gasteiger partial charge in [0.05, 0.1) is 24.4 Å². The molecule has 15 nitrogen and oxygen atoms in total. The normalized spacial score (nSPS) is 24.4. The summed E-state index contributed by atoms with van der Waals surface area (Å²) in [6.07, 6.45) is 9.06. The number of amides is 4. The average Bonchev–Trinajstić information content (AvgIpc) is 3.95. The summed E-state index contributed by atoms with van der Waals surface area (Å²) in [5.74, 6) is -1.29. The van der Waals surface area contributed by atoms with E-state index in [1.807, 2.05) is 38.3 Å². The van der Waals surface area contributed by atoms with Gasteiger partial charge in [-0.15, -0.1) is 17.9 Å². The number of carbonyl (C=O) groups is 5. The number of aliphatic carboxylic acids is 1. The van der Waals surface area contributed by atoms with Crippen LogP contribution in [0, 0.1) is 17.3 Å². The van der Waals surface area contributed by atoms with Crippen molar-refractivity contribution in [3.8, 4) is 22.9 Å². The van der Waals surface area contributed by atoms with Crippen LogP contribution in [-0.4, -0.2) is 92.7 Å². The standard InChI is InChI=1S/C44H54N6O9S/c1-5-25-21-44(25,40(54)55)49-38(52)32-19-27(22-50(32)39(53)37(43(2,3)4)48-42(56)59-26-12-8-9-13-26)58-34-20-30(45-36-28(34)14-15-33-29(36)16-17-57-33)31-23-60-41(46-31)47-35(51)18-24-10-6-7-11-24/h5,14-15,20,23-27,32,37H,1,6-13,16-19,21-22H2,2-4H3,(H,48,56)(H,49,52)(H,54,55)(H,46,47,51)/t25-,27-,32+,37-,44-/m1/s1. The van der Waals surface area contributed by atoms with Crippen molar-refractivity contribution in [2.24, 2.45) is 17.3 Å². The summed E-state index contributed by atoms with van der Waals surface area (Å²) in [6, 6.07) is 3.32. The van der Waals surface area contributed by atoms with Gasteiger partial charge in [-0.05, 0) is 68.4 Å². The van der Waals surface area contributed by atoms with E-state index in [-0.39, 0.29) is 31.4 Å². The highest BCUT2D eigenvalue weighted by Crippen LogP contribution is 2.45. The molecule has 5 aliphatic rings. The number of nitrogens with zero attached hydrogens (tertiary/aromatic N) is 3. The summed E-state index contributed by atoms with van der Waals surface area (Å²) in [5.41, 5.74) is 0.325. The quantitative estimate of drug-likeness (QED) is 0.139. The molecule has 1 aromatic carbocycles. The number of pyridine rings is 1. The first-order valence-corrected chi connectivity index (χ1v) is 22.1. The summed E-state index contributed by atoms with van der Waals surface area (Å²) in [5, 5.41) is 21.7. The highest BCUT2D eigenvalue weighted by Gasteiger charge is 2.61. The molecule has 60 heavy (non-hydrogen) atoms. The molecule has 0 bridgehead atoms. The zero-order valence-corrected chi connectivity index (χ0v) is 35.2. The second-order valence-corrected chi connectivity index (χ2v) is 18.9. The van der Waals surface area contributed by atoms with E-state index in [4.69, 9.17) is 24.2 Å². The number of ether oxygens (including phenoxy) is 3. The van der Waals surface area contributed by atoms with Gasteiger partial charge in [0, 0.05) is 47.6 Å². The number of carboxylic acids is 1. The minimum Gasteiger partial charge on any atom is -0.493 e. The SMILES string of the molecule is C=C[C@@H]1C[C@]1(NC(=O)[C@@H]1C[C@@H](Oc2cc(-c3csc(NC(=O)CC4CCCC4)n3)nc3c4c(ccc23)OCC4)CN1C(=O)[C@@H](NC(=O)OC1CCCC1)C(C)(C)C)C(=O)O. The van der Waals surface area contributed by atoms with Crippen LogP contribution < -0.4 is 25.4 Å². The zero-order chi connectivity index (χ0) is 42.3. The number of aromatic nitrogens is 2. The van der Waals surface area contributed by atoms with Crippen molar-refractivity contribution in [3.63, 3.8) is 0 Å². The number of alkyl carbamates (subject to hydrolysis) is 1. The molecular formula is C44H54N6O9S. The Morgan fingerprint density at radius 2 is 1.82 bits per heavy atom. The summed E-state index contributed by atoms with van der Waals surface area (Å²) in [7, 11) is 0. The lowest BCUT2D eigenvalue weighted by molar-refractivity contribution is -0.146. The van der Waals surface area contributed by atoms with Gasteiger partial charge in [0.1, 0.15) is 47.0 Å². The van der Waals surface area contributed by atoms with Crippen LogP contribution >= 0.6 is 11.3 Å². The maximum atomic E-state index is 14.7. The molecule has 4 fully saturated rings. The molecule has 2 aliphatic heterocycles. The smallest absolute Gasteiger partial charge is 0.408 e. The van der Waals surface area contributed by atoms with Crippen molar-refractivity contribution in [1.82, 2.24) is 25.5 Å². The molecule has 5 atom stereocenters. The Morgan fingerprint density at radius 1 is 1.07 bits per heavy atom. The van der Waals surface area contributed by atoms with E-state index in [2.05, 4.69) is 22.5 Å². The topological polar surface area (TPSA) is 198 Å². The van der Waals surface area contributed by atoms with Crippen LogP contribution in [0.4, 0.5) is 9.93 Å². The lowest BCUT2D eigenvalue weighted by Gasteiger charge is -2.35. The third kappa shape index (κ3) is 8.52. The lowest BCUT2D eigenvalue weighted by atomic mass is 9.85. The molecule has 4 amide bonds. The van der Waals surface area contributed by atoms with Crippen LogP contribution in [0.5, 0.6) is 11.5 Å². The number of likely N-dealkylation sites (tertiary alicyclic amines) is 1. The average molecular weight is 843 g/mol. The van der Waals surface area contributed by atoms with Crippen LogP contribution in [0.25, 0.3) is 22.3 Å². The largest absolute Gasteiger partial charge is 0.493 e. The van der Waals surface area contributed by atoms with Gasteiger partial charge >= 0.3 is 12.1 Å². The van der Waals surface area contributed by atoms with Crippen molar-refractivity contribution in [2.75, 3.05) is 18.5 Å². The van der Waals surface area contributed by atoms with Crippen molar-refractivity contribution in [3.05, 3.63) is 41.8 Å². The minimum atomic E-state index is -1.53. The molecule has 4 N–H and O–H groups in total. The van der Waals surface area contributed by atoms with Gasteiger partial charge in [-0.2, -0.15) is 0 Å². The molecule has 3 aliphatic carbocycles. The fraction of sp³-hybridized carbons (Fsp3) is 0.568. The summed E-state index contributed by atoms with van der Waals surface area (Å²) >= 11 is 1.31. The molecule has 16 heteroatoms. The zero-order valence-electron chi connectivity index (χ0n) is 34.4. The molecule has 2 aromatic heterocycles. The Morgan fingerprint density at radius 3 is 2.52 bits per heavy atom. The molecular weight excluding hydrogens is 789 g/mol. The fourth-order valence-corrected chi connectivity index (χ4v) is 9.98. The van der Waals surface area contributed by atoms with Gasteiger partial charge in [0.25, 0.3) is 0 Å².